The van der Waals surface area contributed by atoms with E-state index in [1.165, 1.54) is 16.9 Å². The van der Waals surface area contributed by atoms with E-state index >= 15 is 0 Å². The molecule has 0 bridgehead atoms. The van der Waals surface area contributed by atoms with Gasteiger partial charge in [0, 0.05) is 12.1 Å². The fourth-order valence-corrected chi connectivity index (χ4v) is 4.50. The standard InChI is InChI=1S/C18H15BrN4O3S/c19-15-11-20-23(13-4-2-1-3-5-13)18(15)22-27(25,26)14-7-8-16-12(10-14)6-9-17(24)21-16/h1-5,7-8,10-11,22H,6,9H2,(H,21,24). The van der Waals surface area contributed by atoms with Crippen molar-refractivity contribution >= 4 is 43.4 Å². The van der Waals surface area contributed by atoms with Crippen molar-refractivity contribution < 1.29 is 13.2 Å². The summed E-state index contributed by atoms with van der Waals surface area (Å²) in [6.45, 7) is 0. The van der Waals surface area contributed by atoms with Crippen molar-refractivity contribution in [1.29, 1.82) is 0 Å². The van der Waals surface area contributed by atoms with Gasteiger partial charge in [-0.15, -0.1) is 0 Å². The monoisotopic (exact) mass is 446 g/mol. The zero-order valence-corrected chi connectivity index (χ0v) is 16.4. The van der Waals surface area contributed by atoms with E-state index in [-0.39, 0.29) is 10.8 Å². The minimum absolute atomic E-state index is 0.0630. The van der Waals surface area contributed by atoms with Gasteiger partial charge >= 0.3 is 0 Å². The molecule has 2 aromatic carbocycles. The van der Waals surface area contributed by atoms with Gasteiger partial charge in [-0.25, -0.2) is 13.1 Å². The molecule has 4 rings (SSSR count). The van der Waals surface area contributed by atoms with Gasteiger partial charge < -0.3 is 5.32 Å². The number of rotatable bonds is 4. The van der Waals surface area contributed by atoms with Crippen molar-refractivity contribution in [3.8, 4) is 5.69 Å². The fourth-order valence-electron chi connectivity index (χ4n) is 2.90. The number of benzene rings is 2. The lowest BCUT2D eigenvalue weighted by Crippen LogP contribution is -2.20. The second-order valence-corrected chi connectivity index (χ2v) is 8.60. The number of para-hydroxylation sites is 1. The molecule has 9 heteroatoms. The second-order valence-electron chi connectivity index (χ2n) is 6.06. The number of hydrogen-bond acceptors (Lipinski definition) is 4. The number of fused-ring (bicyclic) bond motifs is 1. The summed E-state index contributed by atoms with van der Waals surface area (Å²) in [4.78, 5) is 11.6. The maximum Gasteiger partial charge on any atom is 0.263 e. The molecule has 27 heavy (non-hydrogen) atoms. The Morgan fingerprint density at radius 1 is 1.11 bits per heavy atom. The highest BCUT2D eigenvalue weighted by atomic mass is 79.9. The molecular weight excluding hydrogens is 432 g/mol. The molecule has 0 radical (unpaired) electrons. The van der Waals surface area contributed by atoms with Crippen LogP contribution in [0.1, 0.15) is 12.0 Å². The van der Waals surface area contributed by atoms with Crippen molar-refractivity contribution in [2.24, 2.45) is 0 Å². The van der Waals surface area contributed by atoms with Crippen molar-refractivity contribution in [1.82, 2.24) is 9.78 Å². The average Bonchev–Trinajstić information content (AvgIpc) is 3.02. The predicted molar refractivity (Wildman–Crippen MR) is 105 cm³/mol. The molecular formula is C18H15BrN4O3S. The van der Waals surface area contributed by atoms with Crippen LogP contribution in [-0.4, -0.2) is 24.1 Å². The minimum Gasteiger partial charge on any atom is -0.326 e. The zero-order chi connectivity index (χ0) is 19.0. The number of aromatic nitrogens is 2. The van der Waals surface area contributed by atoms with Gasteiger partial charge in [-0.1, -0.05) is 18.2 Å². The van der Waals surface area contributed by atoms with E-state index in [2.05, 4.69) is 31.1 Å². The summed E-state index contributed by atoms with van der Waals surface area (Å²) in [5.74, 6) is 0.249. The van der Waals surface area contributed by atoms with Crippen LogP contribution in [0.3, 0.4) is 0 Å². The van der Waals surface area contributed by atoms with E-state index in [0.29, 0.717) is 28.8 Å². The molecule has 0 saturated heterocycles. The van der Waals surface area contributed by atoms with Gasteiger partial charge in [0.1, 0.15) is 0 Å². The Morgan fingerprint density at radius 3 is 2.67 bits per heavy atom. The molecule has 0 atom stereocenters. The van der Waals surface area contributed by atoms with Gasteiger partial charge in [-0.05, 0) is 58.2 Å². The Hall–Kier alpha value is -2.65. The third kappa shape index (κ3) is 3.47. The van der Waals surface area contributed by atoms with Crippen molar-refractivity contribution in [2.75, 3.05) is 10.0 Å². The number of sulfonamides is 1. The SMILES string of the molecule is O=C1CCc2cc(S(=O)(=O)Nc3c(Br)cnn3-c3ccccc3)ccc2N1. The van der Waals surface area contributed by atoms with E-state index in [1.807, 2.05) is 30.3 Å². The predicted octanol–water partition coefficient (Wildman–Crippen LogP) is 3.32. The summed E-state index contributed by atoms with van der Waals surface area (Å²) in [5.41, 5.74) is 2.18. The van der Waals surface area contributed by atoms with Crippen molar-refractivity contribution in [3.63, 3.8) is 0 Å². The Kier molecular flexibility index (Phi) is 4.48. The molecule has 0 unspecified atom stereocenters. The zero-order valence-electron chi connectivity index (χ0n) is 14.0. The second kappa shape index (κ2) is 6.82. The van der Waals surface area contributed by atoms with Gasteiger partial charge in [-0.3, -0.25) is 9.52 Å². The van der Waals surface area contributed by atoms with Gasteiger partial charge in [0.2, 0.25) is 5.91 Å². The summed E-state index contributed by atoms with van der Waals surface area (Å²) in [6.07, 6.45) is 2.39. The molecule has 2 N–H and O–H groups in total. The molecule has 2 heterocycles. The number of nitrogens with one attached hydrogen (secondary N) is 2. The first kappa shape index (κ1) is 17.7. The Balaban J connectivity index is 1.69. The van der Waals surface area contributed by atoms with Crippen LogP contribution >= 0.6 is 15.9 Å². The Morgan fingerprint density at radius 2 is 1.89 bits per heavy atom. The largest absolute Gasteiger partial charge is 0.326 e. The summed E-state index contributed by atoms with van der Waals surface area (Å²) < 4.78 is 30.5. The minimum atomic E-state index is -3.84. The van der Waals surface area contributed by atoms with Gasteiger partial charge in [-0.2, -0.15) is 5.10 Å². The first-order chi connectivity index (χ1) is 12.9. The van der Waals surface area contributed by atoms with E-state index in [9.17, 15) is 13.2 Å². The first-order valence-corrected chi connectivity index (χ1v) is 10.5. The van der Waals surface area contributed by atoms with E-state index in [0.717, 1.165) is 11.3 Å². The molecule has 0 aliphatic carbocycles. The Bertz CT molecular complexity index is 1130. The van der Waals surface area contributed by atoms with Crippen molar-refractivity contribution in [3.05, 3.63) is 64.8 Å². The lowest BCUT2D eigenvalue weighted by atomic mass is 10.0. The van der Waals surface area contributed by atoms with Crippen LogP contribution in [0.25, 0.3) is 5.69 Å². The lowest BCUT2D eigenvalue weighted by Gasteiger charge is -2.18. The van der Waals surface area contributed by atoms with Crippen LogP contribution in [0.15, 0.2) is 64.1 Å². The maximum atomic E-state index is 12.9. The van der Waals surface area contributed by atoms with Gasteiger partial charge in [0.25, 0.3) is 10.0 Å². The third-order valence-electron chi connectivity index (χ3n) is 4.24. The lowest BCUT2D eigenvalue weighted by molar-refractivity contribution is -0.116. The van der Waals surface area contributed by atoms with E-state index < -0.39 is 10.0 Å². The number of halogens is 1. The van der Waals surface area contributed by atoms with Gasteiger partial charge in [0.15, 0.2) is 5.82 Å². The number of amides is 1. The highest BCUT2D eigenvalue weighted by Crippen LogP contribution is 2.30. The first-order valence-electron chi connectivity index (χ1n) is 8.18. The van der Waals surface area contributed by atoms with Gasteiger partial charge in [0.05, 0.1) is 21.3 Å². The van der Waals surface area contributed by atoms with E-state index in [4.69, 9.17) is 0 Å². The van der Waals surface area contributed by atoms with Crippen LogP contribution in [0.4, 0.5) is 11.5 Å². The van der Waals surface area contributed by atoms with Crippen LogP contribution < -0.4 is 10.0 Å². The van der Waals surface area contributed by atoms with Crippen LogP contribution in [-0.2, 0) is 21.2 Å². The number of anilines is 2. The molecule has 0 fully saturated rings. The van der Waals surface area contributed by atoms with Crippen LogP contribution in [0.2, 0.25) is 0 Å². The normalized spacial score (nSPS) is 13.7. The summed E-state index contributed by atoms with van der Waals surface area (Å²) >= 11 is 3.35. The summed E-state index contributed by atoms with van der Waals surface area (Å²) in [5, 5.41) is 6.99. The fraction of sp³-hybridized carbons (Fsp3) is 0.111. The number of carbonyl (C=O) groups excluding carboxylic acids is 1. The molecule has 138 valence electrons. The summed E-state index contributed by atoms with van der Waals surface area (Å²) in [6, 6.07) is 13.9. The number of carbonyl (C=O) groups is 1. The third-order valence-corrected chi connectivity index (χ3v) is 6.16. The highest BCUT2D eigenvalue weighted by Gasteiger charge is 2.22. The molecule has 1 aliphatic rings. The molecule has 0 saturated carbocycles. The van der Waals surface area contributed by atoms with Crippen molar-refractivity contribution in [2.45, 2.75) is 17.7 Å². The quantitative estimate of drug-likeness (QED) is 0.642. The topological polar surface area (TPSA) is 93.1 Å². The molecule has 1 amide bonds. The maximum absolute atomic E-state index is 12.9. The molecule has 7 nitrogen and oxygen atoms in total. The Labute approximate surface area is 164 Å². The molecule has 0 spiro atoms. The number of nitrogens with zero attached hydrogens (tertiary/aromatic N) is 2. The molecule has 1 aliphatic heterocycles. The summed E-state index contributed by atoms with van der Waals surface area (Å²) in [7, 11) is -3.84. The number of aryl methyl sites for hydroxylation is 1. The smallest absolute Gasteiger partial charge is 0.263 e. The van der Waals surface area contributed by atoms with Crippen LogP contribution in [0, 0.1) is 0 Å². The van der Waals surface area contributed by atoms with Crippen LogP contribution in [0.5, 0.6) is 0 Å². The molecule has 3 aromatic rings. The molecule has 1 aromatic heterocycles. The van der Waals surface area contributed by atoms with E-state index in [1.54, 1.807) is 12.1 Å². The number of hydrogen-bond donors (Lipinski definition) is 2. The highest BCUT2D eigenvalue weighted by molar-refractivity contribution is 9.10. The average molecular weight is 447 g/mol.